The molecule has 3 N–H and O–H groups in total. The van der Waals surface area contributed by atoms with Crippen molar-refractivity contribution in [3.8, 4) is 5.75 Å². The van der Waals surface area contributed by atoms with Crippen LogP contribution in [-0.2, 0) is 0 Å². The number of aliphatic imine (C=N–C) groups is 1. The van der Waals surface area contributed by atoms with Gasteiger partial charge in [-0.2, -0.15) is 0 Å². The molecule has 1 rings (SSSR count). The Balaban J connectivity index is 0.00000324. The largest absolute Gasteiger partial charge is 0.494 e. The number of rotatable bonds is 8. The SMILES string of the molecule is CCCCNC(N)=NCCCOc1ccccc1.I. The number of halogens is 1. The minimum Gasteiger partial charge on any atom is -0.494 e. The maximum absolute atomic E-state index is 5.71. The lowest BCUT2D eigenvalue weighted by atomic mass is 10.3. The molecule has 4 nitrogen and oxygen atoms in total. The fourth-order valence-electron chi connectivity index (χ4n) is 1.42. The average molecular weight is 377 g/mol. The number of nitrogens with two attached hydrogens (primary N) is 1. The molecule has 0 bridgehead atoms. The van der Waals surface area contributed by atoms with Gasteiger partial charge in [-0.05, 0) is 18.6 Å². The number of nitrogens with one attached hydrogen (secondary N) is 1. The van der Waals surface area contributed by atoms with Crippen molar-refractivity contribution in [1.82, 2.24) is 5.32 Å². The van der Waals surface area contributed by atoms with E-state index in [4.69, 9.17) is 10.5 Å². The van der Waals surface area contributed by atoms with E-state index in [0.717, 1.165) is 31.6 Å². The molecule has 0 unspecified atom stereocenters. The van der Waals surface area contributed by atoms with Crippen LogP contribution in [0.15, 0.2) is 35.3 Å². The van der Waals surface area contributed by atoms with E-state index in [9.17, 15) is 0 Å². The van der Waals surface area contributed by atoms with E-state index in [-0.39, 0.29) is 24.0 Å². The Kier molecular flexibility index (Phi) is 11.5. The normalized spacial score (nSPS) is 10.7. The zero-order valence-electron chi connectivity index (χ0n) is 11.5. The molecule has 0 aliphatic heterocycles. The summed E-state index contributed by atoms with van der Waals surface area (Å²) in [5.41, 5.74) is 5.71. The summed E-state index contributed by atoms with van der Waals surface area (Å²) in [6.45, 7) is 4.40. The molecule has 0 spiro atoms. The van der Waals surface area contributed by atoms with Crippen LogP contribution < -0.4 is 15.8 Å². The Morgan fingerprint density at radius 3 is 2.68 bits per heavy atom. The Bertz CT molecular complexity index is 344. The minimum absolute atomic E-state index is 0. The molecule has 0 saturated carbocycles. The number of para-hydroxylation sites is 1. The fraction of sp³-hybridized carbons (Fsp3) is 0.500. The predicted octanol–water partition coefficient (Wildman–Crippen LogP) is 2.78. The standard InChI is InChI=1S/C14H23N3O.HI/c1-2-3-10-16-14(15)17-11-7-12-18-13-8-5-4-6-9-13;/h4-6,8-9H,2-3,7,10-12H2,1H3,(H3,15,16,17);1H. The van der Waals surface area contributed by atoms with Gasteiger partial charge in [-0.25, -0.2) is 0 Å². The number of unbranched alkanes of at least 4 members (excludes halogenated alkanes) is 1. The molecule has 0 aromatic heterocycles. The topological polar surface area (TPSA) is 59.6 Å². The second kappa shape index (κ2) is 12.1. The smallest absolute Gasteiger partial charge is 0.188 e. The van der Waals surface area contributed by atoms with E-state index in [2.05, 4.69) is 17.2 Å². The van der Waals surface area contributed by atoms with Crippen LogP contribution >= 0.6 is 24.0 Å². The highest BCUT2D eigenvalue weighted by atomic mass is 127. The summed E-state index contributed by atoms with van der Waals surface area (Å²) in [6, 6.07) is 9.79. The molecule has 0 aliphatic carbocycles. The molecule has 0 saturated heterocycles. The fourth-order valence-corrected chi connectivity index (χ4v) is 1.42. The molecular formula is C14H24IN3O. The van der Waals surface area contributed by atoms with Crippen molar-refractivity contribution in [2.45, 2.75) is 26.2 Å². The first-order valence-corrected chi connectivity index (χ1v) is 6.54. The quantitative estimate of drug-likeness (QED) is 0.317. The number of hydrogen-bond donors (Lipinski definition) is 2. The predicted molar refractivity (Wildman–Crippen MR) is 91.4 cm³/mol. The first kappa shape index (κ1) is 18.0. The Hall–Kier alpha value is -0.980. The maximum atomic E-state index is 5.71. The highest BCUT2D eigenvalue weighted by molar-refractivity contribution is 14.0. The van der Waals surface area contributed by atoms with Crippen LogP contribution in [0.2, 0.25) is 0 Å². The van der Waals surface area contributed by atoms with Gasteiger partial charge in [-0.15, -0.1) is 24.0 Å². The van der Waals surface area contributed by atoms with Crippen molar-refractivity contribution in [3.05, 3.63) is 30.3 Å². The van der Waals surface area contributed by atoms with E-state index in [1.807, 2.05) is 30.3 Å². The molecule has 5 heteroatoms. The lowest BCUT2D eigenvalue weighted by Gasteiger charge is -2.05. The Morgan fingerprint density at radius 1 is 1.26 bits per heavy atom. The summed E-state index contributed by atoms with van der Waals surface area (Å²) in [7, 11) is 0. The minimum atomic E-state index is 0. The van der Waals surface area contributed by atoms with Gasteiger partial charge in [-0.3, -0.25) is 4.99 Å². The zero-order chi connectivity index (χ0) is 13.1. The summed E-state index contributed by atoms with van der Waals surface area (Å²) in [4.78, 5) is 4.23. The van der Waals surface area contributed by atoms with Crippen LogP contribution in [0.5, 0.6) is 5.75 Å². The molecule has 1 aromatic rings. The summed E-state index contributed by atoms with van der Waals surface area (Å²) >= 11 is 0. The third-order valence-electron chi connectivity index (χ3n) is 2.43. The third kappa shape index (κ3) is 9.58. The highest BCUT2D eigenvalue weighted by Crippen LogP contribution is 2.08. The van der Waals surface area contributed by atoms with Crippen molar-refractivity contribution in [1.29, 1.82) is 0 Å². The molecule has 0 atom stereocenters. The molecule has 1 aromatic carbocycles. The summed E-state index contributed by atoms with van der Waals surface area (Å²) in [5.74, 6) is 1.43. The van der Waals surface area contributed by atoms with Crippen molar-refractivity contribution < 1.29 is 4.74 Å². The molecule has 108 valence electrons. The maximum Gasteiger partial charge on any atom is 0.188 e. The first-order chi connectivity index (χ1) is 8.83. The van der Waals surface area contributed by atoms with Gasteiger partial charge < -0.3 is 15.8 Å². The van der Waals surface area contributed by atoms with E-state index >= 15 is 0 Å². The van der Waals surface area contributed by atoms with Gasteiger partial charge in [0.15, 0.2) is 5.96 Å². The highest BCUT2D eigenvalue weighted by Gasteiger charge is 1.93. The van der Waals surface area contributed by atoms with Gasteiger partial charge >= 0.3 is 0 Å². The summed E-state index contributed by atoms with van der Waals surface area (Å²) in [5, 5.41) is 3.08. The van der Waals surface area contributed by atoms with Crippen LogP contribution in [0, 0.1) is 0 Å². The summed E-state index contributed by atoms with van der Waals surface area (Å²) in [6.07, 6.45) is 3.14. The summed E-state index contributed by atoms with van der Waals surface area (Å²) < 4.78 is 5.56. The van der Waals surface area contributed by atoms with Crippen LogP contribution in [0.1, 0.15) is 26.2 Å². The second-order valence-electron chi connectivity index (χ2n) is 4.06. The third-order valence-corrected chi connectivity index (χ3v) is 2.43. The number of hydrogen-bond acceptors (Lipinski definition) is 2. The van der Waals surface area contributed by atoms with Crippen molar-refractivity contribution in [2.75, 3.05) is 19.7 Å². The van der Waals surface area contributed by atoms with Crippen molar-refractivity contribution in [3.63, 3.8) is 0 Å². The molecule has 19 heavy (non-hydrogen) atoms. The van der Waals surface area contributed by atoms with Crippen LogP contribution in [-0.4, -0.2) is 25.7 Å². The van der Waals surface area contributed by atoms with Gasteiger partial charge in [0.25, 0.3) is 0 Å². The Labute approximate surface area is 132 Å². The van der Waals surface area contributed by atoms with Gasteiger partial charge in [0.05, 0.1) is 6.61 Å². The van der Waals surface area contributed by atoms with E-state index in [1.54, 1.807) is 0 Å². The van der Waals surface area contributed by atoms with Gasteiger partial charge in [-0.1, -0.05) is 31.5 Å². The Morgan fingerprint density at radius 2 is 2.00 bits per heavy atom. The molecule has 0 fully saturated rings. The molecule has 0 radical (unpaired) electrons. The first-order valence-electron chi connectivity index (χ1n) is 6.54. The van der Waals surface area contributed by atoms with Gasteiger partial charge in [0.1, 0.15) is 5.75 Å². The van der Waals surface area contributed by atoms with E-state index in [1.165, 1.54) is 0 Å². The van der Waals surface area contributed by atoms with Crippen molar-refractivity contribution >= 4 is 29.9 Å². The second-order valence-corrected chi connectivity index (χ2v) is 4.06. The average Bonchev–Trinajstić information content (AvgIpc) is 2.40. The molecule has 0 aliphatic rings. The number of ether oxygens (including phenoxy) is 1. The van der Waals surface area contributed by atoms with Gasteiger partial charge in [0.2, 0.25) is 0 Å². The zero-order valence-corrected chi connectivity index (χ0v) is 13.8. The lowest BCUT2D eigenvalue weighted by Crippen LogP contribution is -2.32. The number of guanidine groups is 1. The molecule has 0 amide bonds. The molecular weight excluding hydrogens is 353 g/mol. The monoisotopic (exact) mass is 377 g/mol. The van der Waals surface area contributed by atoms with Gasteiger partial charge in [0, 0.05) is 19.5 Å². The van der Waals surface area contributed by atoms with E-state index in [0.29, 0.717) is 19.1 Å². The van der Waals surface area contributed by atoms with Crippen LogP contribution in [0.4, 0.5) is 0 Å². The number of benzene rings is 1. The van der Waals surface area contributed by atoms with Crippen molar-refractivity contribution in [2.24, 2.45) is 10.7 Å². The molecule has 0 heterocycles. The van der Waals surface area contributed by atoms with Crippen LogP contribution in [0.3, 0.4) is 0 Å². The van der Waals surface area contributed by atoms with E-state index < -0.39 is 0 Å². The number of nitrogens with zero attached hydrogens (tertiary/aromatic N) is 1. The van der Waals surface area contributed by atoms with Crippen LogP contribution in [0.25, 0.3) is 0 Å². The lowest BCUT2D eigenvalue weighted by molar-refractivity contribution is 0.313.